The van der Waals surface area contributed by atoms with Gasteiger partial charge in [-0.2, -0.15) is 17.0 Å². The lowest BCUT2D eigenvalue weighted by Crippen LogP contribution is -2.55. The topological polar surface area (TPSA) is 110 Å². The quantitative estimate of drug-likeness (QED) is 0.544. The van der Waals surface area contributed by atoms with Gasteiger partial charge < -0.3 is 29.2 Å². The molecule has 1 aromatic rings. The molecule has 0 saturated carbocycles. The van der Waals surface area contributed by atoms with Crippen molar-refractivity contribution < 1.29 is 32.2 Å². The molecule has 3 rings (SSSR count). The molecule has 32 heavy (non-hydrogen) atoms. The molecule has 180 valence electrons. The van der Waals surface area contributed by atoms with E-state index in [2.05, 4.69) is 10.2 Å². The number of morpholine rings is 1. The second-order valence-electron chi connectivity index (χ2n) is 7.47. The van der Waals surface area contributed by atoms with Crippen molar-refractivity contribution in [3.8, 4) is 17.2 Å². The number of nitrogens with one attached hydrogen (secondary N) is 1. The summed E-state index contributed by atoms with van der Waals surface area (Å²) >= 11 is 0. The number of anilines is 1. The highest BCUT2D eigenvalue weighted by Crippen LogP contribution is 2.39. The molecule has 0 spiro atoms. The van der Waals surface area contributed by atoms with Crippen LogP contribution < -0.4 is 19.5 Å². The number of ether oxygens (including phenoxy) is 4. The molecule has 11 nitrogen and oxygen atoms in total. The smallest absolute Gasteiger partial charge is 0.282 e. The third kappa shape index (κ3) is 5.81. The molecular formula is C20H32N4O7S. The predicted molar refractivity (Wildman–Crippen MR) is 119 cm³/mol. The predicted octanol–water partition coefficient (Wildman–Crippen LogP) is 0.236. The molecule has 12 heteroatoms. The van der Waals surface area contributed by atoms with Crippen molar-refractivity contribution in [3.05, 3.63) is 12.1 Å². The maximum Gasteiger partial charge on any atom is 0.282 e. The Labute approximate surface area is 189 Å². The van der Waals surface area contributed by atoms with E-state index < -0.39 is 10.2 Å². The highest BCUT2D eigenvalue weighted by atomic mass is 32.2. The van der Waals surface area contributed by atoms with Crippen LogP contribution in [-0.4, -0.2) is 108 Å². The number of piperazine rings is 1. The van der Waals surface area contributed by atoms with Crippen LogP contribution in [0.5, 0.6) is 17.2 Å². The number of methoxy groups -OCH3 is 3. The van der Waals surface area contributed by atoms with E-state index in [1.165, 1.54) is 29.9 Å². The number of nitrogens with zero attached hydrogens (tertiary/aromatic N) is 3. The zero-order chi connectivity index (χ0) is 23.1. The molecule has 0 unspecified atom stereocenters. The van der Waals surface area contributed by atoms with E-state index in [0.717, 1.165) is 0 Å². The van der Waals surface area contributed by atoms with Gasteiger partial charge in [0.2, 0.25) is 11.7 Å². The van der Waals surface area contributed by atoms with Gasteiger partial charge >= 0.3 is 0 Å². The Balaban J connectivity index is 1.48. The summed E-state index contributed by atoms with van der Waals surface area (Å²) in [6.07, 6.45) is 0.285. The van der Waals surface area contributed by atoms with E-state index in [4.69, 9.17) is 18.9 Å². The summed E-state index contributed by atoms with van der Waals surface area (Å²) in [4.78, 5) is 14.6. The van der Waals surface area contributed by atoms with Gasteiger partial charge in [-0.1, -0.05) is 0 Å². The summed E-state index contributed by atoms with van der Waals surface area (Å²) in [5.41, 5.74) is 0.547. The Morgan fingerprint density at radius 1 is 0.938 bits per heavy atom. The highest BCUT2D eigenvalue weighted by Gasteiger charge is 2.33. The second-order valence-corrected chi connectivity index (χ2v) is 9.40. The molecule has 0 radical (unpaired) electrons. The lowest BCUT2D eigenvalue weighted by molar-refractivity contribution is -0.116. The molecule has 2 aliphatic rings. The third-order valence-corrected chi connectivity index (χ3v) is 7.59. The van der Waals surface area contributed by atoms with Gasteiger partial charge in [-0.25, -0.2) is 0 Å². The van der Waals surface area contributed by atoms with Crippen LogP contribution in [0, 0.1) is 0 Å². The summed E-state index contributed by atoms with van der Waals surface area (Å²) in [5.74, 6) is 1.22. The normalized spacial score (nSPS) is 18.8. The Morgan fingerprint density at radius 3 is 2.03 bits per heavy atom. The Kier molecular flexibility index (Phi) is 8.54. The zero-order valence-corrected chi connectivity index (χ0v) is 19.6. The average molecular weight is 473 g/mol. The molecule has 2 fully saturated rings. The molecule has 0 aromatic heterocycles. The minimum Gasteiger partial charge on any atom is -0.493 e. The fourth-order valence-corrected chi connectivity index (χ4v) is 5.32. The third-order valence-electron chi connectivity index (χ3n) is 5.56. The first-order chi connectivity index (χ1) is 15.4. The van der Waals surface area contributed by atoms with E-state index in [1.54, 1.807) is 12.1 Å². The van der Waals surface area contributed by atoms with Crippen molar-refractivity contribution in [2.24, 2.45) is 0 Å². The van der Waals surface area contributed by atoms with Crippen molar-refractivity contribution >= 4 is 21.8 Å². The van der Waals surface area contributed by atoms with Crippen molar-refractivity contribution in [2.45, 2.75) is 6.42 Å². The molecule has 0 bridgehead atoms. The van der Waals surface area contributed by atoms with Crippen molar-refractivity contribution in [2.75, 3.05) is 85.7 Å². The molecule has 2 aliphatic heterocycles. The van der Waals surface area contributed by atoms with Crippen molar-refractivity contribution in [1.29, 1.82) is 0 Å². The number of amides is 1. The van der Waals surface area contributed by atoms with Crippen molar-refractivity contribution in [1.82, 2.24) is 13.5 Å². The van der Waals surface area contributed by atoms with Gasteiger partial charge in [0.15, 0.2) is 11.5 Å². The van der Waals surface area contributed by atoms with Gasteiger partial charge in [-0.3, -0.25) is 4.79 Å². The number of hydrogen-bond donors (Lipinski definition) is 1. The molecular weight excluding hydrogens is 440 g/mol. The van der Waals surface area contributed by atoms with Gasteiger partial charge in [0.25, 0.3) is 10.2 Å². The molecule has 1 aromatic carbocycles. The van der Waals surface area contributed by atoms with Crippen LogP contribution in [0.3, 0.4) is 0 Å². The number of carbonyl (C=O) groups is 1. The van der Waals surface area contributed by atoms with Gasteiger partial charge in [0.05, 0.1) is 34.5 Å². The van der Waals surface area contributed by atoms with Gasteiger partial charge in [-0.15, -0.1) is 0 Å². The molecule has 2 saturated heterocycles. The van der Waals surface area contributed by atoms with Gasteiger partial charge in [0.1, 0.15) is 0 Å². The minimum atomic E-state index is -3.45. The first-order valence-corrected chi connectivity index (χ1v) is 11.9. The number of hydrogen-bond acceptors (Lipinski definition) is 8. The Morgan fingerprint density at radius 2 is 1.50 bits per heavy atom. The largest absolute Gasteiger partial charge is 0.493 e. The standard InChI is InChI=1S/C20H32N4O7S/c1-28-17-14-16(15-18(29-2)20(17)30-3)21-19(25)4-5-22-6-8-23(9-7-22)32(26,27)24-10-12-31-13-11-24/h14-15H,4-13H2,1-3H3,(H,21,25). The van der Waals surface area contributed by atoms with Crippen molar-refractivity contribution in [3.63, 3.8) is 0 Å². The van der Waals surface area contributed by atoms with Crippen LogP contribution in [0.25, 0.3) is 0 Å². The highest BCUT2D eigenvalue weighted by molar-refractivity contribution is 7.86. The fourth-order valence-electron chi connectivity index (χ4n) is 3.76. The monoisotopic (exact) mass is 472 g/mol. The summed E-state index contributed by atoms with van der Waals surface area (Å²) in [6, 6.07) is 3.35. The Hall–Kier alpha value is -2.12. The first kappa shape index (κ1) is 24.5. The second kappa shape index (κ2) is 11.1. The summed E-state index contributed by atoms with van der Waals surface area (Å²) in [6.45, 7) is 4.18. The lowest BCUT2D eigenvalue weighted by Gasteiger charge is -2.37. The zero-order valence-electron chi connectivity index (χ0n) is 18.8. The number of benzene rings is 1. The summed E-state index contributed by atoms with van der Waals surface area (Å²) in [7, 11) is 1.10. The fraction of sp³-hybridized carbons (Fsp3) is 0.650. The van der Waals surface area contributed by atoms with Gasteiger partial charge in [-0.05, 0) is 0 Å². The van der Waals surface area contributed by atoms with Crippen LogP contribution >= 0.6 is 0 Å². The van der Waals surface area contributed by atoms with Gasteiger partial charge in [0, 0.05) is 70.1 Å². The summed E-state index contributed by atoms with van der Waals surface area (Å²) < 4.78 is 49.7. The molecule has 1 amide bonds. The number of carbonyl (C=O) groups excluding carboxylic acids is 1. The van der Waals surface area contributed by atoms with E-state index in [9.17, 15) is 13.2 Å². The Bertz CT molecular complexity index is 857. The van der Waals surface area contributed by atoms with E-state index in [-0.39, 0.29) is 12.3 Å². The van der Waals surface area contributed by atoms with E-state index >= 15 is 0 Å². The number of rotatable bonds is 9. The van der Waals surface area contributed by atoms with Crippen LogP contribution in [0.4, 0.5) is 5.69 Å². The lowest BCUT2D eigenvalue weighted by atomic mass is 10.2. The summed E-state index contributed by atoms with van der Waals surface area (Å²) in [5, 5.41) is 2.85. The van der Waals surface area contributed by atoms with Crippen LogP contribution in [0.1, 0.15) is 6.42 Å². The van der Waals surface area contributed by atoms with E-state index in [0.29, 0.717) is 82.0 Å². The molecule has 2 heterocycles. The molecule has 0 atom stereocenters. The molecule has 0 aliphatic carbocycles. The minimum absolute atomic E-state index is 0.150. The maximum atomic E-state index is 12.8. The maximum absolute atomic E-state index is 12.8. The molecule has 1 N–H and O–H groups in total. The van der Waals surface area contributed by atoms with Crippen LogP contribution in [-0.2, 0) is 19.7 Å². The van der Waals surface area contributed by atoms with Crippen LogP contribution in [0.15, 0.2) is 12.1 Å². The van der Waals surface area contributed by atoms with E-state index in [1.807, 2.05) is 0 Å². The first-order valence-electron chi connectivity index (χ1n) is 10.5. The average Bonchev–Trinajstić information content (AvgIpc) is 2.82. The SMILES string of the molecule is COc1cc(NC(=O)CCN2CCN(S(=O)(=O)N3CCOCC3)CC2)cc(OC)c1OC. The van der Waals surface area contributed by atoms with Crippen LogP contribution in [0.2, 0.25) is 0 Å².